The Labute approximate surface area is 125 Å². The van der Waals surface area contributed by atoms with Crippen molar-refractivity contribution in [1.82, 2.24) is 10.2 Å². The second kappa shape index (κ2) is 7.29. The second-order valence-corrected chi connectivity index (χ2v) is 5.47. The van der Waals surface area contributed by atoms with Gasteiger partial charge in [-0.2, -0.15) is 0 Å². The molecular formula is C15H21ClN2O2. The van der Waals surface area contributed by atoms with Crippen molar-refractivity contribution in [3.63, 3.8) is 0 Å². The number of nitrogens with zero attached hydrogens (tertiary/aromatic N) is 1. The van der Waals surface area contributed by atoms with Crippen LogP contribution in [0.3, 0.4) is 0 Å². The summed E-state index contributed by atoms with van der Waals surface area (Å²) in [4.78, 5) is 25.7. The zero-order valence-corrected chi connectivity index (χ0v) is 13.1. The molecule has 0 aliphatic rings. The van der Waals surface area contributed by atoms with Gasteiger partial charge in [0, 0.05) is 24.5 Å². The van der Waals surface area contributed by atoms with Crippen LogP contribution in [0, 0.1) is 5.92 Å². The zero-order valence-electron chi connectivity index (χ0n) is 12.3. The summed E-state index contributed by atoms with van der Waals surface area (Å²) in [5.74, 6) is -0.376. The summed E-state index contributed by atoms with van der Waals surface area (Å²) >= 11 is 5.85. The third kappa shape index (κ3) is 4.23. The highest BCUT2D eigenvalue weighted by Gasteiger charge is 2.26. The number of hydrogen-bond acceptors (Lipinski definition) is 2. The molecule has 0 radical (unpaired) electrons. The Morgan fingerprint density at radius 2 is 1.75 bits per heavy atom. The number of likely N-dealkylation sites (N-methyl/N-ethyl adjacent to an activating group) is 1. The number of benzene rings is 1. The lowest BCUT2D eigenvalue weighted by Crippen LogP contribution is -2.48. The standard InChI is InChI=1S/C15H21ClN2O2/c1-10(2)15(20)18(11(3)14(19)17-4)9-12-5-7-13(16)8-6-12/h5-8,10-11H,9H2,1-4H3,(H,17,19). The third-order valence-electron chi connectivity index (χ3n) is 3.14. The van der Waals surface area contributed by atoms with E-state index in [0.717, 1.165) is 5.56 Å². The Morgan fingerprint density at radius 1 is 1.20 bits per heavy atom. The fourth-order valence-electron chi connectivity index (χ4n) is 1.87. The largest absolute Gasteiger partial charge is 0.357 e. The van der Waals surface area contributed by atoms with Crippen molar-refractivity contribution in [2.45, 2.75) is 33.4 Å². The van der Waals surface area contributed by atoms with E-state index in [0.29, 0.717) is 11.6 Å². The first-order valence-corrected chi connectivity index (χ1v) is 7.01. The number of amides is 2. The number of carbonyl (C=O) groups excluding carboxylic acids is 2. The lowest BCUT2D eigenvalue weighted by atomic mass is 10.1. The van der Waals surface area contributed by atoms with Gasteiger partial charge in [-0.3, -0.25) is 9.59 Å². The summed E-state index contributed by atoms with van der Waals surface area (Å²) in [7, 11) is 1.57. The van der Waals surface area contributed by atoms with Gasteiger partial charge in [-0.05, 0) is 24.6 Å². The van der Waals surface area contributed by atoms with Gasteiger partial charge in [-0.15, -0.1) is 0 Å². The molecule has 0 aromatic heterocycles. The lowest BCUT2D eigenvalue weighted by Gasteiger charge is -2.29. The van der Waals surface area contributed by atoms with Crippen LogP contribution < -0.4 is 5.32 Å². The normalized spacial score (nSPS) is 12.1. The van der Waals surface area contributed by atoms with Gasteiger partial charge in [0.25, 0.3) is 0 Å². The monoisotopic (exact) mass is 296 g/mol. The molecule has 1 unspecified atom stereocenters. The quantitative estimate of drug-likeness (QED) is 0.907. The van der Waals surface area contributed by atoms with E-state index in [1.54, 1.807) is 31.0 Å². The summed E-state index contributed by atoms with van der Waals surface area (Å²) < 4.78 is 0. The van der Waals surface area contributed by atoms with Crippen LogP contribution in [-0.4, -0.2) is 29.8 Å². The average molecular weight is 297 g/mol. The van der Waals surface area contributed by atoms with E-state index in [1.807, 2.05) is 26.0 Å². The lowest BCUT2D eigenvalue weighted by molar-refractivity contribution is -0.142. The molecule has 0 saturated heterocycles. The highest BCUT2D eigenvalue weighted by molar-refractivity contribution is 6.30. The summed E-state index contributed by atoms with van der Waals surface area (Å²) in [5.41, 5.74) is 0.944. The van der Waals surface area contributed by atoms with Gasteiger partial charge in [0.1, 0.15) is 6.04 Å². The van der Waals surface area contributed by atoms with Crippen molar-refractivity contribution < 1.29 is 9.59 Å². The Hall–Kier alpha value is -1.55. The van der Waals surface area contributed by atoms with Gasteiger partial charge in [0.2, 0.25) is 11.8 Å². The van der Waals surface area contributed by atoms with Crippen LogP contribution in [-0.2, 0) is 16.1 Å². The molecule has 1 N–H and O–H groups in total. The van der Waals surface area contributed by atoms with Crippen molar-refractivity contribution in [2.24, 2.45) is 5.92 Å². The molecule has 1 aromatic carbocycles. The van der Waals surface area contributed by atoms with Gasteiger partial charge in [-0.1, -0.05) is 37.6 Å². The molecule has 0 aliphatic carbocycles. The topological polar surface area (TPSA) is 49.4 Å². The Balaban J connectivity index is 2.96. The van der Waals surface area contributed by atoms with E-state index in [1.165, 1.54) is 0 Å². The number of halogens is 1. The van der Waals surface area contributed by atoms with Crippen LogP contribution in [0.25, 0.3) is 0 Å². The minimum atomic E-state index is -0.509. The summed E-state index contributed by atoms with van der Waals surface area (Å²) in [6, 6.07) is 6.77. The summed E-state index contributed by atoms with van der Waals surface area (Å²) in [5, 5.41) is 3.23. The predicted molar refractivity (Wildman–Crippen MR) is 80.4 cm³/mol. The van der Waals surface area contributed by atoms with Crippen LogP contribution in [0.5, 0.6) is 0 Å². The molecule has 5 heteroatoms. The molecule has 0 fully saturated rings. The maximum atomic E-state index is 12.3. The van der Waals surface area contributed by atoms with E-state index in [-0.39, 0.29) is 17.7 Å². The molecule has 1 rings (SSSR count). The van der Waals surface area contributed by atoms with Crippen molar-refractivity contribution >= 4 is 23.4 Å². The van der Waals surface area contributed by atoms with Crippen molar-refractivity contribution in [3.05, 3.63) is 34.9 Å². The van der Waals surface area contributed by atoms with Crippen LogP contribution in [0.4, 0.5) is 0 Å². The molecule has 0 bridgehead atoms. The van der Waals surface area contributed by atoms with E-state index in [9.17, 15) is 9.59 Å². The molecule has 1 atom stereocenters. The Bertz CT molecular complexity index is 471. The molecule has 0 spiro atoms. The van der Waals surface area contributed by atoms with Crippen LogP contribution in [0.15, 0.2) is 24.3 Å². The van der Waals surface area contributed by atoms with Gasteiger partial charge in [0.05, 0.1) is 0 Å². The maximum absolute atomic E-state index is 12.3. The molecule has 1 aromatic rings. The van der Waals surface area contributed by atoms with Crippen molar-refractivity contribution in [3.8, 4) is 0 Å². The fraction of sp³-hybridized carbons (Fsp3) is 0.467. The van der Waals surface area contributed by atoms with Crippen LogP contribution in [0.1, 0.15) is 26.3 Å². The van der Waals surface area contributed by atoms with Crippen LogP contribution >= 0.6 is 11.6 Å². The molecule has 0 saturated carbocycles. The van der Waals surface area contributed by atoms with E-state index in [4.69, 9.17) is 11.6 Å². The number of carbonyl (C=O) groups is 2. The number of rotatable bonds is 5. The fourth-order valence-corrected chi connectivity index (χ4v) is 2.00. The first kappa shape index (κ1) is 16.5. The number of hydrogen-bond donors (Lipinski definition) is 1. The van der Waals surface area contributed by atoms with E-state index >= 15 is 0 Å². The Morgan fingerprint density at radius 3 is 2.20 bits per heavy atom. The van der Waals surface area contributed by atoms with Crippen LogP contribution in [0.2, 0.25) is 5.02 Å². The van der Waals surface area contributed by atoms with Gasteiger partial charge >= 0.3 is 0 Å². The highest BCUT2D eigenvalue weighted by atomic mass is 35.5. The molecule has 20 heavy (non-hydrogen) atoms. The maximum Gasteiger partial charge on any atom is 0.242 e. The van der Waals surface area contributed by atoms with Crippen molar-refractivity contribution in [2.75, 3.05) is 7.05 Å². The highest BCUT2D eigenvalue weighted by Crippen LogP contribution is 2.15. The third-order valence-corrected chi connectivity index (χ3v) is 3.39. The van der Waals surface area contributed by atoms with Gasteiger partial charge < -0.3 is 10.2 Å². The Kier molecular flexibility index (Phi) is 6.02. The summed E-state index contributed by atoms with van der Waals surface area (Å²) in [6.45, 7) is 5.78. The predicted octanol–water partition coefficient (Wildman–Crippen LogP) is 2.46. The first-order chi connectivity index (χ1) is 9.36. The van der Waals surface area contributed by atoms with Gasteiger partial charge in [-0.25, -0.2) is 0 Å². The molecule has 0 heterocycles. The van der Waals surface area contributed by atoms with E-state index in [2.05, 4.69) is 5.32 Å². The molecule has 2 amide bonds. The van der Waals surface area contributed by atoms with Gasteiger partial charge in [0.15, 0.2) is 0 Å². The minimum Gasteiger partial charge on any atom is -0.357 e. The molecule has 4 nitrogen and oxygen atoms in total. The minimum absolute atomic E-state index is 0.0453. The summed E-state index contributed by atoms with van der Waals surface area (Å²) in [6.07, 6.45) is 0. The van der Waals surface area contributed by atoms with Crippen molar-refractivity contribution in [1.29, 1.82) is 0 Å². The average Bonchev–Trinajstić information content (AvgIpc) is 2.44. The SMILES string of the molecule is CNC(=O)C(C)N(Cc1ccc(Cl)cc1)C(=O)C(C)C. The molecule has 0 aliphatic heterocycles. The second-order valence-electron chi connectivity index (χ2n) is 5.04. The zero-order chi connectivity index (χ0) is 15.3. The number of nitrogens with one attached hydrogen (secondary N) is 1. The first-order valence-electron chi connectivity index (χ1n) is 6.63. The van der Waals surface area contributed by atoms with E-state index < -0.39 is 6.04 Å². The smallest absolute Gasteiger partial charge is 0.242 e. The molecule has 110 valence electrons. The molecular weight excluding hydrogens is 276 g/mol.